The van der Waals surface area contributed by atoms with Crippen LogP contribution in [0.25, 0.3) is 11.1 Å². The number of oxazole rings is 1. The van der Waals surface area contributed by atoms with Gasteiger partial charge in [-0.25, -0.2) is 4.98 Å². The lowest BCUT2D eigenvalue weighted by Gasteiger charge is -2.15. The molecule has 0 saturated carbocycles. The molecular formula is C27H26F3NO4. The van der Waals surface area contributed by atoms with Gasteiger partial charge in [0, 0.05) is 6.07 Å². The summed E-state index contributed by atoms with van der Waals surface area (Å²) in [6.07, 6.45) is -3.14. The van der Waals surface area contributed by atoms with Crippen LogP contribution in [-0.2, 0) is 12.8 Å². The summed E-state index contributed by atoms with van der Waals surface area (Å²) in [6, 6.07) is 18.4. The van der Waals surface area contributed by atoms with E-state index in [2.05, 4.69) is 4.98 Å². The number of hydrogen-bond donors (Lipinski definition) is 0. The minimum absolute atomic E-state index is 0.0419. The largest absolute Gasteiger partial charge is 0.493 e. The lowest BCUT2D eigenvalue weighted by atomic mass is 10.1. The Hall–Kier alpha value is -3.68. The van der Waals surface area contributed by atoms with Crippen molar-refractivity contribution in [2.45, 2.75) is 39.5 Å². The molecule has 3 aromatic carbocycles. The molecule has 184 valence electrons. The summed E-state index contributed by atoms with van der Waals surface area (Å²) in [4.78, 5) is 3.45. The highest BCUT2D eigenvalue weighted by molar-refractivity contribution is 5.74. The summed E-state index contributed by atoms with van der Waals surface area (Å²) in [5.74, 6) is 0.814. The smallest absolute Gasteiger partial charge is 0.468 e. The SMILES string of the molecule is Cc1cc(OCc2ccccc2)cc(C)c1OCCCCOc1ccc2nc(C(F)(F)F)oc2c1. The van der Waals surface area contributed by atoms with Crippen molar-refractivity contribution in [1.82, 2.24) is 4.98 Å². The summed E-state index contributed by atoms with van der Waals surface area (Å²) in [7, 11) is 0. The fourth-order valence-electron chi connectivity index (χ4n) is 3.65. The van der Waals surface area contributed by atoms with Crippen LogP contribution in [0.15, 0.2) is 65.1 Å². The molecule has 5 nitrogen and oxygen atoms in total. The molecule has 0 saturated heterocycles. The van der Waals surface area contributed by atoms with Crippen molar-refractivity contribution >= 4 is 11.1 Å². The highest BCUT2D eigenvalue weighted by Crippen LogP contribution is 2.32. The van der Waals surface area contributed by atoms with Crippen molar-refractivity contribution in [1.29, 1.82) is 0 Å². The molecule has 0 amide bonds. The summed E-state index contributed by atoms with van der Waals surface area (Å²) < 4.78 is 60.5. The van der Waals surface area contributed by atoms with Gasteiger partial charge in [0.05, 0.1) is 13.2 Å². The van der Waals surface area contributed by atoms with Crippen molar-refractivity contribution < 1.29 is 31.8 Å². The van der Waals surface area contributed by atoms with Gasteiger partial charge in [-0.05, 0) is 67.6 Å². The van der Waals surface area contributed by atoms with Crippen LogP contribution in [0.3, 0.4) is 0 Å². The van der Waals surface area contributed by atoms with Gasteiger partial charge in [0.2, 0.25) is 0 Å². The molecule has 0 aliphatic heterocycles. The molecule has 1 heterocycles. The number of aromatic nitrogens is 1. The van der Waals surface area contributed by atoms with Gasteiger partial charge < -0.3 is 18.6 Å². The number of benzene rings is 3. The molecule has 0 N–H and O–H groups in total. The van der Waals surface area contributed by atoms with Crippen LogP contribution in [0.2, 0.25) is 0 Å². The van der Waals surface area contributed by atoms with E-state index in [9.17, 15) is 13.2 Å². The van der Waals surface area contributed by atoms with Gasteiger partial charge in [-0.3, -0.25) is 0 Å². The minimum atomic E-state index is -4.62. The van der Waals surface area contributed by atoms with E-state index in [1.54, 1.807) is 6.07 Å². The Kier molecular flexibility index (Phi) is 7.48. The Morgan fingerprint density at radius 1 is 0.800 bits per heavy atom. The Balaban J connectivity index is 1.21. The number of rotatable bonds is 10. The van der Waals surface area contributed by atoms with Gasteiger partial charge >= 0.3 is 12.1 Å². The standard InChI is InChI=1S/C27H26F3NO4/c1-18-14-22(34-17-20-8-4-3-5-9-20)15-19(2)25(18)33-13-7-6-12-32-21-10-11-23-24(16-21)35-26(31-23)27(28,29)30/h3-5,8-11,14-16H,6-7,12-13,17H2,1-2H3. The number of unbranched alkanes of at least 4 members (excludes halogenated alkanes) is 1. The zero-order valence-corrected chi connectivity index (χ0v) is 19.5. The maximum absolute atomic E-state index is 12.7. The van der Waals surface area contributed by atoms with Crippen molar-refractivity contribution in [2.24, 2.45) is 0 Å². The molecule has 35 heavy (non-hydrogen) atoms. The summed E-state index contributed by atoms with van der Waals surface area (Å²) in [5, 5.41) is 0. The zero-order valence-electron chi connectivity index (χ0n) is 19.5. The molecule has 0 fully saturated rings. The molecule has 8 heteroatoms. The van der Waals surface area contributed by atoms with E-state index in [4.69, 9.17) is 18.6 Å². The molecular weight excluding hydrogens is 459 g/mol. The van der Waals surface area contributed by atoms with Crippen molar-refractivity contribution in [3.05, 3.63) is 83.2 Å². The second-order valence-corrected chi connectivity index (χ2v) is 8.21. The second-order valence-electron chi connectivity index (χ2n) is 8.21. The predicted molar refractivity (Wildman–Crippen MR) is 126 cm³/mol. The van der Waals surface area contributed by atoms with Gasteiger partial charge in [0.25, 0.3) is 0 Å². The maximum atomic E-state index is 12.7. The lowest BCUT2D eigenvalue weighted by Crippen LogP contribution is -2.04. The second kappa shape index (κ2) is 10.7. The molecule has 0 atom stereocenters. The van der Waals surface area contributed by atoms with Crippen LogP contribution in [0.5, 0.6) is 17.2 Å². The van der Waals surface area contributed by atoms with Crippen LogP contribution in [0.4, 0.5) is 13.2 Å². The highest BCUT2D eigenvalue weighted by atomic mass is 19.4. The number of nitrogens with zero attached hydrogens (tertiary/aromatic N) is 1. The molecule has 0 unspecified atom stereocenters. The first-order valence-corrected chi connectivity index (χ1v) is 11.3. The molecule has 0 radical (unpaired) electrons. The number of alkyl halides is 3. The van der Waals surface area contributed by atoms with Gasteiger partial charge in [-0.2, -0.15) is 13.2 Å². The number of aryl methyl sites for hydroxylation is 2. The number of ether oxygens (including phenoxy) is 3. The van der Waals surface area contributed by atoms with E-state index in [-0.39, 0.29) is 11.1 Å². The van der Waals surface area contributed by atoms with Crippen LogP contribution in [0, 0.1) is 13.8 Å². The monoisotopic (exact) mass is 485 g/mol. The summed E-state index contributed by atoms with van der Waals surface area (Å²) in [6.45, 7) is 5.41. The number of fused-ring (bicyclic) bond motifs is 1. The fourth-order valence-corrected chi connectivity index (χ4v) is 3.65. The van der Waals surface area contributed by atoms with E-state index in [0.717, 1.165) is 41.0 Å². The van der Waals surface area contributed by atoms with E-state index in [1.807, 2.05) is 56.3 Å². The number of halogens is 3. The van der Waals surface area contributed by atoms with Crippen molar-refractivity contribution in [2.75, 3.05) is 13.2 Å². The first-order chi connectivity index (χ1) is 16.8. The third kappa shape index (κ3) is 6.47. The normalized spacial score (nSPS) is 11.6. The summed E-state index contributed by atoms with van der Waals surface area (Å²) >= 11 is 0. The molecule has 4 aromatic rings. The average molecular weight is 486 g/mol. The Morgan fingerprint density at radius 3 is 2.17 bits per heavy atom. The van der Waals surface area contributed by atoms with E-state index in [0.29, 0.717) is 25.6 Å². The van der Waals surface area contributed by atoms with Gasteiger partial charge in [-0.1, -0.05) is 30.3 Å². The third-order valence-corrected chi connectivity index (χ3v) is 5.34. The van der Waals surface area contributed by atoms with Crippen LogP contribution >= 0.6 is 0 Å². The predicted octanol–water partition coefficient (Wildman–Crippen LogP) is 7.28. The molecule has 0 bridgehead atoms. The maximum Gasteiger partial charge on any atom is 0.468 e. The molecule has 0 aliphatic rings. The molecule has 0 spiro atoms. The van der Waals surface area contributed by atoms with Crippen LogP contribution in [-0.4, -0.2) is 18.2 Å². The third-order valence-electron chi connectivity index (χ3n) is 5.34. The van der Waals surface area contributed by atoms with Crippen molar-refractivity contribution in [3.8, 4) is 17.2 Å². The summed E-state index contributed by atoms with van der Waals surface area (Å²) in [5.41, 5.74) is 3.29. The highest BCUT2D eigenvalue weighted by Gasteiger charge is 2.37. The molecule has 0 aliphatic carbocycles. The average Bonchev–Trinajstić information content (AvgIpc) is 3.26. The van der Waals surface area contributed by atoms with E-state index in [1.165, 1.54) is 12.1 Å². The van der Waals surface area contributed by atoms with Crippen LogP contribution in [0.1, 0.15) is 35.4 Å². The van der Waals surface area contributed by atoms with Crippen molar-refractivity contribution in [3.63, 3.8) is 0 Å². The first kappa shape index (κ1) is 24.4. The van der Waals surface area contributed by atoms with E-state index < -0.39 is 12.1 Å². The molecule has 4 rings (SSSR count). The van der Waals surface area contributed by atoms with Gasteiger partial charge in [0.1, 0.15) is 29.4 Å². The Labute approximate surface area is 201 Å². The Morgan fingerprint density at radius 2 is 1.49 bits per heavy atom. The van der Waals surface area contributed by atoms with Crippen LogP contribution < -0.4 is 14.2 Å². The van der Waals surface area contributed by atoms with Gasteiger partial charge in [0.15, 0.2) is 5.58 Å². The van der Waals surface area contributed by atoms with Gasteiger partial charge in [-0.15, -0.1) is 0 Å². The quantitative estimate of drug-likeness (QED) is 0.221. The zero-order chi connectivity index (χ0) is 24.8. The fraction of sp³-hybridized carbons (Fsp3) is 0.296. The minimum Gasteiger partial charge on any atom is -0.493 e. The van der Waals surface area contributed by atoms with E-state index >= 15 is 0 Å². The lowest BCUT2D eigenvalue weighted by molar-refractivity contribution is -0.156. The first-order valence-electron chi connectivity index (χ1n) is 11.3. The molecule has 1 aromatic heterocycles. The topological polar surface area (TPSA) is 53.7 Å². The Bertz CT molecular complexity index is 1250. The number of hydrogen-bond acceptors (Lipinski definition) is 5.